The monoisotopic (exact) mass is 274 g/mol. The maximum atomic E-state index is 2.61. The fourth-order valence-corrected chi connectivity index (χ4v) is 2.74. The van der Waals surface area contributed by atoms with Crippen molar-refractivity contribution in [3.05, 3.63) is 29.8 Å². The second-order valence-corrected chi connectivity index (χ2v) is 6.76. The Morgan fingerprint density at radius 1 is 0.900 bits per heavy atom. The van der Waals surface area contributed by atoms with Crippen LogP contribution >= 0.6 is 0 Å². The SMILES string of the molecule is CC(C)CCN1CCN(c2ccc(C(C)C)cc2)CC1. The largest absolute Gasteiger partial charge is 0.369 e. The van der Waals surface area contributed by atoms with Gasteiger partial charge < -0.3 is 4.90 Å². The van der Waals surface area contributed by atoms with E-state index in [-0.39, 0.29) is 0 Å². The van der Waals surface area contributed by atoms with Crippen LogP contribution in [0.25, 0.3) is 0 Å². The quantitative estimate of drug-likeness (QED) is 0.801. The molecule has 2 nitrogen and oxygen atoms in total. The number of hydrogen-bond donors (Lipinski definition) is 0. The molecule has 1 saturated heterocycles. The fraction of sp³-hybridized carbons (Fsp3) is 0.667. The third kappa shape index (κ3) is 4.24. The van der Waals surface area contributed by atoms with Crippen LogP contribution in [0.1, 0.15) is 45.6 Å². The highest BCUT2D eigenvalue weighted by Gasteiger charge is 2.17. The molecule has 0 amide bonds. The molecule has 1 heterocycles. The number of nitrogens with zero attached hydrogens (tertiary/aromatic N) is 2. The molecule has 1 aliphatic rings. The summed E-state index contributed by atoms with van der Waals surface area (Å²) in [5.41, 5.74) is 2.82. The molecule has 0 aliphatic carbocycles. The van der Waals surface area contributed by atoms with E-state index in [1.165, 1.54) is 50.4 Å². The summed E-state index contributed by atoms with van der Waals surface area (Å²) in [4.78, 5) is 5.13. The number of benzene rings is 1. The lowest BCUT2D eigenvalue weighted by molar-refractivity contribution is 0.244. The maximum Gasteiger partial charge on any atom is 0.0367 e. The van der Waals surface area contributed by atoms with E-state index in [1.54, 1.807) is 0 Å². The van der Waals surface area contributed by atoms with Gasteiger partial charge in [-0.2, -0.15) is 0 Å². The van der Waals surface area contributed by atoms with Crippen LogP contribution in [-0.4, -0.2) is 37.6 Å². The van der Waals surface area contributed by atoms with Gasteiger partial charge in [0.1, 0.15) is 0 Å². The van der Waals surface area contributed by atoms with Crippen LogP contribution < -0.4 is 4.90 Å². The predicted molar refractivity (Wildman–Crippen MR) is 88.6 cm³/mol. The van der Waals surface area contributed by atoms with E-state index < -0.39 is 0 Å². The van der Waals surface area contributed by atoms with Crippen molar-refractivity contribution in [3.63, 3.8) is 0 Å². The van der Waals surface area contributed by atoms with Crippen molar-refractivity contribution in [1.29, 1.82) is 0 Å². The number of hydrogen-bond acceptors (Lipinski definition) is 2. The molecule has 1 aromatic rings. The molecule has 0 aromatic heterocycles. The number of piperazine rings is 1. The zero-order valence-corrected chi connectivity index (χ0v) is 13.6. The molecule has 1 aromatic carbocycles. The van der Waals surface area contributed by atoms with Gasteiger partial charge >= 0.3 is 0 Å². The lowest BCUT2D eigenvalue weighted by atomic mass is 10.0. The number of rotatable bonds is 5. The Morgan fingerprint density at radius 2 is 1.50 bits per heavy atom. The second kappa shape index (κ2) is 7.12. The van der Waals surface area contributed by atoms with Gasteiger partial charge in [-0.25, -0.2) is 0 Å². The summed E-state index contributed by atoms with van der Waals surface area (Å²) in [6, 6.07) is 9.15. The van der Waals surface area contributed by atoms with E-state index >= 15 is 0 Å². The molecule has 0 saturated carbocycles. The first-order chi connectivity index (χ1) is 9.56. The third-order valence-corrected chi connectivity index (χ3v) is 4.32. The van der Waals surface area contributed by atoms with Crippen molar-refractivity contribution in [1.82, 2.24) is 4.90 Å². The minimum Gasteiger partial charge on any atom is -0.369 e. The highest BCUT2D eigenvalue weighted by Crippen LogP contribution is 2.21. The molecule has 1 aliphatic heterocycles. The van der Waals surface area contributed by atoms with Gasteiger partial charge in [-0.1, -0.05) is 39.8 Å². The van der Waals surface area contributed by atoms with Crippen molar-refractivity contribution in [2.45, 2.75) is 40.0 Å². The van der Waals surface area contributed by atoms with Gasteiger partial charge in [-0.15, -0.1) is 0 Å². The minimum absolute atomic E-state index is 0.622. The van der Waals surface area contributed by atoms with Gasteiger partial charge in [0.15, 0.2) is 0 Å². The van der Waals surface area contributed by atoms with E-state index in [1.807, 2.05) is 0 Å². The fourth-order valence-electron chi connectivity index (χ4n) is 2.74. The first-order valence-corrected chi connectivity index (χ1v) is 8.13. The normalized spacial score (nSPS) is 17.2. The van der Waals surface area contributed by atoms with Crippen molar-refractivity contribution in [3.8, 4) is 0 Å². The summed E-state index contributed by atoms with van der Waals surface area (Å²) in [5, 5.41) is 0. The van der Waals surface area contributed by atoms with Crippen LogP contribution in [0.15, 0.2) is 24.3 Å². The Balaban J connectivity index is 1.84. The Kier molecular flexibility index (Phi) is 5.47. The van der Waals surface area contributed by atoms with Crippen LogP contribution in [0.4, 0.5) is 5.69 Å². The van der Waals surface area contributed by atoms with Crippen molar-refractivity contribution in [2.75, 3.05) is 37.6 Å². The molecule has 1 fully saturated rings. The molecular weight excluding hydrogens is 244 g/mol. The lowest BCUT2D eigenvalue weighted by Gasteiger charge is -2.36. The van der Waals surface area contributed by atoms with Gasteiger partial charge in [-0.05, 0) is 42.5 Å². The van der Waals surface area contributed by atoms with Crippen molar-refractivity contribution in [2.24, 2.45) is 5.92 Å². The molecule has 0 N–H and O–H groups in total. The zero-order chi connectivity index (χ0) is 14.5. The van der Waals surface area contributed by atoms with E-state index in [0.29, 0.717) is 5.92 Å². The molecule has 0 unspecified atom stereocenters. The van der Waals surface area contributed by atoms with E-state index in [2.05, 4.69) is 61.8 Å². The van der Waals surface area contributed by atoms with Crippen LogP contribution in [0.5, 0.6) is 0 Å². The summed E-state index contributed by atoms with van der Waals surface area (Å²) in [5.74, 6) is 1.44. The summed E-state index contributed by atoms with van der Waals surface area (Å²) in [7, 11) is 0. The Morgan fingerprint density at radius 3 is 2.00 bits per heavy atom. The molecule has 112 valence electrons. The first-order valence-electron chi connectivity index (χ1n) is 8.13. The van der Waals surface area contributed by atoms with Gasteiger partial charge in [0.05, 0.1) is 0 Å². The van der Waals surface area contributed by atoms with Crippen molar-refractivity contribution >= 4 is 5.69 Å². The molecule has 0 bridgehead atoms. The van der Waals surface area contributed by atoms with Crippen LogP contribution in [0.2, 0.25) is 0 Å². The van der Waals surface area contributed by atoms with Crippen LogP contribution in [-0.2, 0) is 0 Å². The smallest absolute Gasteiger partial charge is 0.0367 e. The topological polar surface area (TPSA) is 6.48 Å². The molecular formula is C18H30N2. The van der Waals surface area contributed by atoms with Crippen molar-refractivity contribution < 1.29 is 0 Å². The molecule has 0 spiro atoms. The first kappa shape index (κ1) is 15.4. The second-order valence-electron chi connectivity index (χ2n) is 6.76. The molecule has 0 radical (unpaired) electrons. The van der Waals surface area contributed by atoms with E-state index in [9.17, 15) is 0 Å². The average Bonchev–Trinajstić information content (AvgIpc) is 2.46. The maximum absolute atomic E-state index is 2.61. The van der Waals surface area contributed by atoms with Crippen LogP contribution in [0.3, 0.4) is 0 Å². The molecule has 2 rings (SSSR count). The Labute approximate surface area is 124 Å². The highest BCUT2D eigenvalue weighted by atomic mass is 15.3. The Bertz CT molecular complexity index is 386. The molecule has 2 heteroatoms. The lowest BCUT2D eigenvalue weighted by Crippen LogP contribution is -2.46. The van der Waals surface area contributed by atoms with E-state index in [4.69, 9.17) is 0 Å². The standard InChI is InChI=1S/C18H30N2/c1-15(2)9-10-19-11-13-20(14-12-19)18-7-5-17(6-8-18)16(3)4/h5-8,15-16H,9-14H2,1-4H3. The van der Waals surface area contributed by atoms with E-state index in [0.717, 1.165) is 5.92 Å². The zero-order valence-electron chi connectivity index (χ0n) is 13.6. The molecule has 0 atom stereocenters. The minimum atomic E-state index is 0.622. The van der Waals surface area contributed by atoms with Gasteiger partial charge in [0.2, 0.25) is 0 Å². The summed E-state index contributed by atoms with van der Waals surface area (Å²) >= 11 is 0. The average molecular weight is 274 g/mol. The predicted octanol–water partition coefficient (Wildman–Crippen LogP) is 3.98. The summed E-state index contributed by atoms with van der Waals surface area (Å²) in [6.07, 6.45) is 1.32. The van der Waals surface area contributed by atoms with Gasteiger partial charge in [0.25, 0.3) is 0 Å². The van der Waals surface area contributed by atoms with Gasteiger partial charge in [-0.3, -0.25) is 4.90 Å². The summed E-state index contributed by atoms with van der Waals surface area (Å²) in [6.45, 7) is 15.1. The summed E-state index contributed by atoms with van der Waals surface area (Å²) < 4.78 is 0. The highest BCUT2D eigenvalue weighted by molar-refractivity contribution is 5.48. The van der Waals surface area contributed by atoms with Gasteiger partial charge in [0, 0.05) is 31.9 Å². The third-order valence-electron chi connectivity index (χ3n) is 4.32. The molecule has 20 heavy (non-hydrogen) atoms. The van der Waals surface area contributed by atoms with Crippen LogP contribution in [0, 0.1) is 5.92 Å². The number of anilines is 1. The Hall–Kier alpha value is -1.02.